The van der Waals surface area contributed by atoms with Gasteiger partial charge in [0.25, 0.3) is 0 Å². The fraction of sp³-hybridized carbons (Fsp3) is 0.953. The highest BCUT2D eigenvalue weighted by atomic mass is 31.2. The number of phosphoric ester groups is 2. The van der Waals surface area contributed by atoms with E-state index in [1.807, 2.05) is 0 Å². The summed E-state index contributed by atoms with van der Waals surface area (Å²) in [6.45, 7) is 7.35. The molecule has 0 fully saturated rings. The summed E-state index contributed by atoms with van der Waals surface area (Å²) in [5, 5.41) is 10.7. The molecule has 0 saturated carbocycles. The second kappa shape index (κ2) is 77.8. The maximum Gasteiger partial charge on any atom is 0.472 e. The number of hydrogen-bond acceptors (Lipinski definition) is 15. The van der Waals surface area contributed by atoms with Crippen LogP contribution in [-0.4, -0.2) is 96.7 Å². The van der Waals surface area contributed by atoms with E-state index >= 15 is 0 Å². The Kier molecular flexibility index (Phi) is 76.3. The summed E-state index contributed by atoms with van der Waals surface area (Å²) < 4.78 is 68.9. The minimum Gasteiger partial charge on any atom is -0.462 e. The Morgan fingerprint density at radius 3 is 0.654 bits per heavy atom. The van der Waals surface area contributed by atoms with Gasteiger partial charge in [0, 0.05) is 25.7 Å². The van der Waals surface area contributed by atoms with Crippen LogP contribution in [0.15, 0.2) is 0 Å². The molecule has 618 valence electrons. The van der Waals surface area contributed by atoms with Gasteiger partial charge >= 0.3 is 39.5 Å². The third kappa shape index (κ3) is 78.2. The smallest absolute Gasteiger partial charge is 0.462 e. The van der Waals surface area contributed by atoms with Crippen LogP contribution >= 0.6 is 15.6 Å². The number of ether oxygens (including phenoxy) is 4. The van der Waals surface area contributed by atoms with E-state index in [0.29, 0.717) is 25.7 Å². The first kappa shape index (κ1) is 102. The number of aliphatic hydroxyl groups excluding tert-OH is 1. The first-order chi connectivity index (χ1) is 50.5. The quantitative estimate of drug-likeness (QED) is 0.0222. The Morgan fingerprint density at radius 1 is 0.260 bits per heavy atom. The van der Waals surface area contributed by atoms with Crippen LogP contribution in [0.5, 0.6) is 0 Å². The Bertz CT molecular complexity index is 1980. The van der Waals surface area contributed by atoms with Crippen molar-refractivity contribution in [1.82, 2.24) is 0 Å². The molecule has 2 unspecified atom stereocenters. The number of esters is 4. The number of carbonyl (C=O) groups is 4. The zero-order valence-electron chi connectivity index (χ0n) is 68.2. The standard InChI is InChI=1S/C85H166O17P2/c1-6-9-12-15-18-21-24-27-29-31-33-34-35-37-39-41-44-50-55-60-65-70-84(89)101-80(74-96-83(88)69-64-59-54-49-43-40-38-36-32-30-28-25-22-19-16-13-10-7-2)76-99-103(91,92)97-72-79(86)73-98-104(93,94)100-77-81(75-95-82(87)68-63-58-53-48-42-26-23-20-17-14-11-8-3)102-85(90)71-66-61-56-51-46-45-47-52-57-62-67-78(4)5/h78-81,86H,6-77H2,1-5H3,(H,91,92)(H,93,94)/t79-,80-,81-/m1/s1. The van der Waals surface area contributed by atoms with E-state index in [-0.39, 0.29) is 25.7 Å². The molecule has 0 aliphatic carbocycles. The Labute approximate surface area is 638 Å². The van der Waals surface area contributed by atoms with E-state index in [4.69, 9.17) is 37.0 Å². The number of carbonyl (C=O) groups excluding carboxylic acids is 4. The molecule has 0 spiro atoms. The largest absolute Gasteiger partial charge is 0.472 e. The van der Waals surface area contributed by atoms with Crippen LogP contribution in [0.4, 0.5) is 0 Å². The first-order valence-corrected chi connectivity index (χ1v) is 47.1. The van der Waals surface area contributed by atoms with Gasteiger partial charge in [-0.25, -0.2) is 9.13 Å². The fourth-order valence-corrected chi connectivity index (χ4v) is 14.9. The average molecular weight is 1520 g/mol. The Morgan fingerprint density at radius 2 is 0.442 bits per heavy atom. The van der Waals surface area contributed by atoms with Gasteiger partial charge < -0.3 is 33.8 Å². The molecule has 5 atom stereocenters. The molecule has 0 bridgehead atoms. The van der Waals surface area contributed by atoms with Gasteiger partial charge in [-0.1, -0.05) is 407 Å². The maximum absolute atomic E-state index is 13.1. The molecule has 17 nitrogen and oxygen atoms in total. The molecule has 19 heteroatoms. The summed E-state index contributed by atoms with van der Waals surface area (Å²) in [5.74, 6) is -1.35. The van der Waals surface area contributed by atoms with Crippen LogP contribution in [0.1, 0.15) is 458 Å². The predicted octanol–water partition coefficient (Wildman–Crippen LogP) is 26.0. The van der Waals surface area contributed by atoms with Crippen molar-refractivity contribution >= 4 is 39.5 Å². The Hall–Kier alpha value is -1.94. The van der Waals surface area contributed by atoms with Crippen molar-refractivity contribution in [1.29, 1.82) is 0 Å². The van der Waals surface area contributed by atoms with Gasteiger partial charge in [0.05, 0.1) is 26.4 Å². The summed E-state index contributed by atoms with van der Waals surface area (Å²) in [4.78, 5) is 73.2. The molecule has 0 radical (unpaired) electrons. The van der Waals surface area contributed by atoms with Crippen molar-refractivity contribution in [2.45, 2.75) is 477 Å². The number of hydrogen-bond donors (Lipinski definition) is 3. The van der Waals surface area contributed by atoms with E-state index < -0.39 is 97.5 Å². The van der Waals surface area contributed by atoms with Crippen LogP contribution in [0.25, 0.3) is 0 Å². The SMILES string of the molecule is CCCCCCCCCCCCCCCCCCCCCCCC(=O)O[C@H](COC(=O)CCCCCCCCCCCCCCCCCCCC)COP(=O)(O)OC[C@@H](O)COP(=O)(O)OC[C@@H](COC(=O)CCCCCCCCCCCCCC)OC(=O)CCCCCCCCCCCCC(C)C. The van der Waals surface area contributed by atoms with Crippen molar-refractivity contribution in [3.05, 3.63) is 0 Å². The van der Waals surface area contributed by atoms with Crippen molar-refractivity contribution in [3.63, 3.8) is 0 Å². The lowest BCUT2D eigenvalue weighted by Gasteiger charge is -2.21. The summed E-state index contributed by atoms with van der Waals surface area (Å²) in [6.07, 6.45) is 70.8. The van der Waals surface area contributed by atoms with E-state index in [9.17, 15) is 43.2 Å². The van der Waals surface area contributed by atoms with Gasteiger partial charge in [-0.15, -0.1) is 0 Å². The molecule has 0 saturated heterocycles. The lowest BCUT2D eigenvalue weighted by molar-refractivity contribution is -0.161. The fourth-order valence-electron chi connectivity index (χ4n) is 13.3. The van der Waals surface area contributed by atoms with Crippen LogP contribution in [0.3, 0.4) is 0 Å². The van der Waals surface area contributed by atoms with Crippen LogP contribution in [0, 0.1) is 5.92 Å². The number of phosphoric acid groups is 2. The molecule has 3 N–H and O–H groups in total. The van der Waals surface area contributed by atoms with Crippen LogP contribution in [0.2, 0.25) is 0 Å². The number of aliphatic hydroxyl groups is 1. The minimum absolute atomic E-state index is 0.107. The molecule has 0 rings (SSSR count). The maximum atomic E-state index is 13.1. The number of unbranched alkanes of at least 4 members (excludes halogenated alkanes) is 57. The van der Waals surface area contributed by atoms with Crippen LogP contribution in [-0.2, 0) is 65.4 Å². The molecular formula is C85H166O17P2. The van der Waals surface area contributed by atoms with E-state index in [0.717, 1.165) is 95.8 Å². The van der Waals surface area contributed by atoms with Gasteiger partial charge in [0.1, 0.15) is 19.3 Å². The molecule has 0 aromatic heterocycles. The Balaban J connectivity index is 5.23. The van der Waals surface area contributed by atoms with Gasteiger partial charge in [0.15, 0.2) is 12.2 Å². The summed E-state index contributed by atoms with van der Waals surface area (Å²) in [6, 6.07) is 0. The number of rotatable bonds is 85. The van der Waals surface area contributed by atoms with Gasteiger partial charge in [-0.05, 0) is 31.6 Å². The predicted molar refractivity (Wildman–Crippen MR) is 428 cm³/mol. The summed E-state index contributed by atoms with van der Waals surface area (Å²) in [5.41, 5.74) is 0. The molecule has 0 aliphatic heterocycles. The average Bonchev–Trinajstić information content (AvgIpc) is 0.919. The van der Waals surface area contributed by atoms with Gasteiger partial charge in [0.2, 0.25) is 0 Å². The van der Waals surface area contributed by atoms with Crippen molar-refractivity contribution in [2.24, 2.45) is 5.92 Å². The first-order valence-electron chi connectivity index (χ1n) is 44.1. The second-order valence-corrected chi connectivity index (χ2v) is 34.0. The van der Waals surface area contributed by atoms with Crippen molar-refractivity contribution in [3.8, 4) is 0 Å². The highest BCUT2D eigenvalue weighted by Gasteiger charge is 2.30. The van der Waals surface area contributed by atoms with Crippen LogP contribution < -0.4 is 0 Å². The van der Waals surface area contributed by atoms with Gasteiger partial charge in [-0.3, -0.25) is 37.3 Å². The minimum atomic E-state index is -4.96. The van der Waals surface area contributed by atoms with Gasteiger partial charge in [-0.2, -0.15) is 0 Å². The second-order valence-electron chi connectivity index (χ2n) is 31.1. The van der Waals surface area contributed by atoms with Crippen molar-refractivity contribution in [2.75, 3.05) is 39.6 Å². The van der Waals surface area contributed by atoms with Crippen molar-refractivity contribution < 1.29 is 80.2 Å². The molecule has 0 amide bonds. The highest BCUT2D eigenvalue weighted by molar-refractivity contribution is 7.47. The molecule has 104 heavy (non-hydrogen) atoms. The summed E-state index contributed by atoms with van der Waals surface area (Å²) >= 11 is 0. The van der Waals surface area contributed by atoms with E-state index in [2.05, 4.69) is 34.6 Å². The lowest BCUT2D eigenvalue weighted by Crippen LogP contribution is -2.30. The molecule has 0 heterocycles. The lowest BCUT2D eigenvalue weighted by atomic mass is 10.0. The molecule has 0 aromatic rings. The monoisotopic (exact) mass is 1520 g/mol. The molecule has 0 aliphatic rings. The topological polar surface area (TPSA) is 237 Å². The normalized spacial score (nSPS) is 13.8. The third-order valence-electron chi connectivity index (χ3n) is 20.0. The molecular weight excluding hydrogens is 1350 g/mol. The zero-order valence-corrected chi connectivity index (χ0v) is 70.0. The van der Waals surface area contributed by atoms with E-state index in [1.54, 1.807) is 0 Å². The summed E-state index contributed by atoms with van der Waals surface area (Å²) in [7, 11) is -9.92. The third-order valence-corrected chi connectivity index (χ3v) is 21.9. The van der Waals surface area contributed by atoms with E-state index in [1.165, 1.54) is 283 Å². The highest BCUT2D eigenvalue weighted by Crippen LogP contribution is 2.45. The molecule has 0 aromatic carbocycles. The zero-order chi connectivity index (χ0) is 76.2.